The van der Waals surface area contributed by atoms with Gasteiger partial charge >= 0.3 is 0 Å². The van der Waals surface area contributed by atoms with Crippen LogP contribution in [-0.4, -0.2) is 48.9 Å². The molecule has 0 aliphatic carbocycles. The Kier molecular flexibility index (Phi) is 7.17. The highest BCUT2D eigenvalue weighted by atomic mass is 35.5. The van der Waals surface area contributed by atoms with E-state index in [0.717, 1.165) is 43.1 Å². The lowest BCUT2D eigenvalue weighted by Gasteiger charge is -2.35. The number of thioether (sulfide) groups is 1. The monoisotopic (exact) mass is 328 g/mol. The molecule has 2 N–H and O–H groups in total. The number of hydrogen-bond donors (Lipinski definition) is 2. The van der Waals surface area contributed by atoms with E-state index in [0.29, 0.717) is 12.1 Å². The van der Waals surface area contributed by atoms with Gasteiger partial charge in [0.25, 0.3) is 0 Å². The number of rotatable bonds is 7. The summed E-state index contributed by atoms with van der Waals surface area (Å²) in [5, 5.41) is 13.6. The van der Waals surface area contributed by atoms with Crippen LogP contribution in [0.4, 0.5) is 5.69 Å². The van der Waals surface area contributed by atoms with Gasteiger partial charge in [-0.2, -0.15) is 11.8 Å². The van der Waals surface area contributed by atoms with Crippen LogP contribution in [0.15, 0.2) is 24.3 Å². The number of nitrogens with one attached hydrogen (secondary N) is 1. The summed E-state index contributed by atoms with van der Waals surface area (Å²) in [4.78, 5) is 2.42. The van der Waals surface area contributed by atoms with Crippen LogP contribution < -0.4 is 10.2 Å². The minimum absolute atomic E-state index is 0.266. The van der Waals surface area contributed by atoms with Crippen LogP contribution in [0, 0.1) is 0 Å². The summed E-state index contributed by atoms with van der Waals surface area (Å²) in [6.07, 6.45) is 5.27. The van der Waals surface area contributed by atoms with Crippen LogP contribution in [-0.2, 0) is 0 Å². The van der Waals surface area contributed by atoms with Crippen LogP contribution in [0.2, 0.25) is 5.02 Å². The van der Waals surface area contributed by atoms with Crippen molar-refractivity contribution in [3.63, 3.8) is 0 Å². The van der Waals surface area contributed by atoms with Crippen LogP contribution in [0.3, 0.4) is 0 Å². The Labute approximate surface area is 137 Å². The van der Waals surface area contributed by atoms with Crippen molar-refractivity contribution in [2.75, 3.05) is 36.6 Å². The molecule has 1 aromatic carbocycles. The van der Waals surface area contributed by atoms with Crippen molar-refractivity contribution in [1.82, 2.24) is 5.32 Å². The second-order valence-corrected chi connectivity index (χ2v) is 6.92. The molecule has 1 unspecified atom stereocenters. The Morgan fingerprint density at radius 2 is 2.00 bits per heavy atom. The van der Waals surface area contributed by atoms with E-state index in [1.807, 2.05) is 23.9 Å². The minimum atomic E-state index is 0.266. The molecule has 21 heavy (non-hydrogen) atoms. The molecule has 0 saturated carbocycles. The van der Waals surface area contributed by atoms with Gasteiger partial charge in [0.05, 0.1) is 0 Å². The second-order valence-electron chi connectivity index (χ2n) is 5.57. The molecule has 1 saturated heterocycles. The SMILES string of the molecule is CSCC(CCO)NC1CCN(c2ccc(Cl)cc2)CC1. The largest absolute Gasteiger partial charge is 0.396 e. The predicted molar refractivity (Wildman–Crippen MR) is 93.7 cm³/mol. The van der Waals surface area contributed by atoms with Gasteiger partial charge in [-0.3, -0.25) is 0 Å². The molecule has 1 heterocycles. The molecule has 1 aliphatic heterocycles. The summed E-state index contributed by atoms with van der Waals surface area (Å²) in [5.74, 6) is 1.07. The van der Waals surface area contributed by atoms with Gasteiger partial charge < -0.3 is 15.3 Å². The fourth-order valence-corrected chi connectivity index (χ4v) is 3.65. The number of nitrogens with zero attached hydrogens (tertiary/aromatic N) is 1. The molecule has 118 valence electrons. The van der Waals surface area contributed by atoms with Gasteiger partial charge in [-0.1, -0.05) is 11.6 Å². The van der Waals surface area contributed by atoms with Gasteiger partial charge in [-0.15, -0.1) is 0 Å². The maximum atomic E-state index is 9.14. The summed E-state index contributed by atoms with van der Waals surface area (Å²) >= 11 is 7.78. The molecular formula is C16H25ClN2OS. The Morgan fingerprint density at radius 1 is 1.33 bits per heavy atom. The van der Waals surface area contributed by atoms with Crippen LogP contribution >= 0.6 is 23.4 Å². The molecule has 2 rings (SSSR count). The molecule has 0 bridgehead atoms. The summed E-state index contributed by atoms with van der Waals surface area (Å²) in [5.41, 5.74) is 1.26. The number of halogens is 1. The summed E-state index contributed by atoms with van der Waals surface area (Å²) in [6.45, 7) is 2.41. The minimum Gasteiger partial charge on any atom is -0.396 e. The molecular weight excluding hydrogens is 304 g/mol. The topological polar surface area (TPSA) is 35.5 Å². The fourth-order valence-electron chi connectivity index (χ4n) is 2.86. The second kappa shape index (κ2) is 8.89. The van der Waals surface area contributed by atoms with Crippen molar-refractivity contribution in [2.24, 2.45) is 0 Å². The zero-order valence-corrected chi connectivity index (χ0v) is 14.2. The zero-order valence-electron chi connectivity index (χ0n) is 12.6. The first kappa shape index (κ1) is 16.9. The molecule has 5 heteroatoms. The highest BCUT2D eigenvalue weighted by Crippen LogP contribution is 2.22. The van der Waals surface area contributed by atoms with E-state index in [1.165, 1.54) is 5.69 Å². The molecule has 1 aromatic rings. The number of piperidine rings is 1. The summed E-state index contributed by atoms with van der Waals surface area (Å²) in [6, 6.07) is 9.10. The Hall–Kier alpha value is -0.420. The van der Waals surface area contributed by atoms with Crippen molar-refractivity contribution >= 4 is 29.1 Å². The van der Waals surface area contributed by atoms with Gasteiger partial charge in [-0.05, 0) is 49.8 Å². The third-order valence-corrected chi connectivity index (χ3v) is 4.99. The first-order valence-corrected chi connectivity index (χ1v) is 9.36. The predicted octanol–water partition coefficient (Wildman–Crippen LogP) is 3.01. The lowest BCUT2D eigenvalue weighted by atomic mass is 10.0. The number of benzene rings is 1. The average Bonchev–Trinajstić information content (AvgIpc) is 2.49. The van der Waals surface area contributed by atoms with Crippen molar-refractivity contribution in [3.8, 4) is 0 Å². The summed E-state index contributed by atoms with van der Waals surface area (Å²) in [7, 11) is 0. The maximum absolute atomic E-state index is 9.14. The average molecular weight is 329 g/mol. The molecule has 0 aromatic heterocycles. The standard InChI is InChI=1S/C16H25ClN2OS/c1-21-12-15(8-11-20)18-14-6-9-19(10-7-14)16-4-2-13(17)3-5-16/h2-5,14-15,18,20H,6-12H2,1H3. The third-order valence-electron chi connectivity index (χ3n) is 4.00. The Morgan fingerprint density at radius 3 is 2.57 bits per heavy atom. The lowest BCUT2D eigenvalue weighted by Crippen LogP contribution is -2.47. The van der Waals surface area contributed by atoms with Gasteiger partial charge in [0.1, 0.15) is 0 Å². The Bertz CT molecular complexity index is 401. The van der Waals surface area contributed by atoms with Gasteiger partial charge in [0.15, 0.2) is 0 Å². The molecule has 1 aliphatic rings. The quantitative estimate of drug-likeness (QED) is 0.806. The molecule has 0 radical (unpaired) electrons. The van der Waals surface area contributed by atoms with Crippen molar-refractivity contribution in [1.29, 1.82) is 0 Å². The number of anilines is 1. The van der Waals surface area contributed by atoms with Crippen LogP contribution in [0.5, 0.6) is 0 Å². The van der Waals surface area contributed by atoms with E-state index < -0.39 is 0 Å². The smallest absolute Gasteiger partial charge is 0.0446 e. The number of aliphatic hydroxyl groups is 1. The fraction of sp³-hybridized carbons (Fsp3) is 0.625. The van der Waals surface area contributed by atoms with E-state index in [2.05, 4.69) is 28.6 Å². The van der Waals surface area contributed by atoms with Crippen LogP contribution in [0.1, 0.15) is 19.3 Å². The molecule has 1 atom stereocenters. The van der Waals surface area contributed by atoms with Gasteiger partial charge in [0, 0.05) is 48.2 Å². The van der Waals surface area contributed by atoms with Gasteiger partial charge in [-0.25, -0.2) is 0 Å². The lowest BCUT2D eigenvalue weighted by molar-refractivity contribution is 0.259. The molecule has 1 fully saturated rings. The van der Waals surface area contributed by atoms with E-state index in [9.17, 15) is 0 Å². The first-order chi connectivity index (χ1) is 10.2. The van der Waals surface area contributed by atoms with Crippen molar-refractivity contribution < 1.29 is 5.11 Å². The number of hydrogen-bond acceptors (Lipinski definition) is 4. The van der Waals surface area contributed by atoms with E-state index in [-0.39, 0.29) is 6.61 Å². The normalized spacial score (nSPS) is 18.0. The van der Waals surface area contributed by atoms with E-state index in [4.69, 9.17) is 16.7 Å². The molecule has 0 spiro atoms. The van der Waals surface area contributed by atoms with E-state index >= 15 is 0 Å². The highest BCUT2D eigenvalue weighted by Gasteiger charge is 2.21. The van der Waals surface area contributed by atoms with E-state index in [1.54, 1.807) is 0 Å². The highest BCUT2D eigenvalue weighted by molar-refractivity contribution is 7.98. The van der Waals surface area contributed by atoms with Gasteiger partial charge in [0.2, 0.25) is 0 Å². The number of aliphatic hydroxyl groups excluding tert-OH is 1. The zero-order chi connectivity index (χ0) is 15.1. The summed E-state index contributed by atoms with van der Waals surface area (Å²) < 4.78 is 0. The van der Waals surface area contributed by atoms with Crippen LogP contribution in [0.25, 0.3) is 0 Å². The molecule has 0 amide bonds. The van der Waals surface area contributed by atoms with Crippen molar-refractivity contribution in [3.05, 3.63) is 29.3 Å². The third kappa shape index (κ3) is 5.37. The molecule has 3 nitrogen and oxygen atoms in total. The first-order valence-electron chi connectivity index (χ1n) is 7.59. The van der Waals surface area contributed by atoms with Crippen molar-refractivity contribution in [2.45, 2.75) is 31.3 Å². The Balaban J connectivity index is 1.80. The maximum Gasteiger partial charge on any atom is 0.0446 e.